The summed E-state index contributed by atoms with van der Waals surface area (Å²) in [7, 11) is 0. The summed E-state index contributed by atoms with van der Waals surface area (Å²) in [6.07, 6.45) is 3.39. The van der Waals surface area contributed by atoms with Gasteiger partial charge in [0.05, 0.1) is 12.1 Å². The first-order valence-corrected chi connectivity index (χ1v) is 7.81. The Kier molecular flexibility index (Phi) is 4.29. The first kappa shape index (κ1) is 15.2. The number of carbonyl (C=O) groups excluding carboxylic acids is 1. The van der Waals surface area contributed by atoms with Crippen molar-refractivity contribution in [1.29, 1.82) is 0 Å². The number of halogens is 2. The second-order valence-corrected chi connectivity index (χ2v) is 5.85. The van der Waals surface area contributed by atoms with Crippen LogP contribution in [-0.4, -0.2) is 36.5 Å². The fourth-order valence-electron chi connectivity index (χ4n) is 3.41. The molecule has 0 aromatic carbocycles. The van der Waals surface area contributed by atoms with Crippen LogP contribution in [0.2, 0.25) is 0 Å². The van der Waals surface area contributed by atoms with E-state index < -0.39 is 13.0 Å². The predicted octanol–water partition coefficient (Wildman–Crippen LogP) is 2.37. The average molecular weight is 309 g/mol. The van der Waals surface area contributed by atoms with E-state index in [-0.39, 0.29) is 11.8 Å². The molecule has 3 rings (SSSR count). The van der Waals surface area contributed by atoms with Gasteiger partial charge in [0.15, 0.2) is 0 Å². The molecule has 120 valence electrons. The third-order valence-corrected chi connectivity index (χ3v) is 4.48. The molecule has 2 N–H and O–H groups in total. The molecule has 0 fully saturated rings. The van der Waals surface area contributed by atoms with E-state index in [0.29, 0.717) is 5.56 Å². The fourth-order valence-corrected chi connectivity index (χ4v) is 3.41. The molecule has 0 radical (unpaired) electrons. The van der Waals surface area contributed by atoms with Crippen LogP contribution in [0.5, 0.6) is 0 Å². The van der Waals surface area contributed by atoms with Crippen molar-refractivity contribution in [2.24, 2.45) is 0 Å². The van der Waals surface area contributed by atoms with Crippen LogP contribution in [-0.2, 0) is 6.54 Å². The number of carbonyl (C=O) groups is 1. The van der Waals surface area contributed by atoms with Gasteiger partial charge < -0.3 is 15.2 Å². The minimum absolute atomic E-state index is 0.283. The number of nitrogens with one attached hydrogen (secondary N) is 2. The van der Waals surface area contributed by atoms with Crippen LogP contribution < -0.4 is 10.6 Å². The Morgan fingerprint density at radius 2 is 2.36 bits per heavy atom. The van der Waals surface area contributed by atoms with Gasteiger partial charge in [0.25, 0.3) is 12.3 Å². The summed E-state index contributed by atoms with van der Waals surface area (Å²) in [6, 6.07) is 0. The number of hydrogen-bond acceptors (Lipinski definition) is 2. The average Bonchev–Trinajstić information content (AvgIpc) is 2.76. The summed E-state index contributed by atoms with van der Waals surface area (Å²) in [6.45, 7) is 3.93. The molecule has 6 heteroatoms. The number of allylic oxidation sites excluding steroid dienone is 1. The Hall–Kier alpha value is -1.69. The Morgan fingerprint density at radius 1 is 1.55 bits per heavy atom. The molecule has 1 atom stereocenters. The Balaban J connectivity index is 2.01. The quantitative estimate of drug-likeness (QED) is 0.897. The van der Waals surface area contributed by atoms with E-state index in [1.54, 1.807) is 0 Å². The summed E-state index contributed by atoms with van der Waals surface area (Å²) >= 11 is 0. The van der Waals surface area contributed by atoms with Crippen molar-refractivity contribution in [1.82, 2.24) is 15.2 Å². The molecule has 1 aliphatic heterocycles. The van der Waals surface area contributed by atoms with Gasteiger partial charge in [-0.15, -0.1) is 0 Å². The van der Waals surface area contributed by atoms with Crippen molar-refractivity contribution >= 4 is 11.5 Å². The highest BCUT2D eigenvalue weighted by Gasteiger charge is 2.31. The molecule has 1 aromatic rings. The molecule has 22 heavy (non-hydrogen) atoms. The van der Waals surface area contributed by atoms with Crippen LogP contribution >= 0.6 is 0 Å². The lowest BCUT2D eigenvalue weighted by molar-refractivity contribution is 0.0890. The van der Waals surface area contributed by atoms with Crippen LogP contribution in [0.4, 0.5) is 8.78 Å². The maximum absolute atomic E-state index is 12.4. The number of rotatable bonds is 4. The van der Waals surface area contributed by atoms with Gasteiger partial charge in [-0.25, -0.2) is 8.78 Å². The van der Waals surface area contributed by atoms with E-state index in [1.165, 1.54) is 5.57 Å². The SMILES string of the molecule is CCC1CC=C2CNCCn3cc(C(=O)NCC(F)F)c1c32. The molecule has 1 unspecified atom stereocenters. The third-order valence-electron chi connectivity index (χ3n) is 4.48. The number of nitrogens with zero attached hydrogens (tertiary/aromatic N) is 1. The maximum atomic E-state index is 12.4. The van der Waals surface area contributed by atoms with Gasteiger partial charge in [0, 0.05) is 31.5 Å². The molecular formula is C16H21F2N3O. The van der Waals surface area contributed by atoms with E-state index in [9.17, 15) is 13.6 Å². The van der Waals surface area contributed by atoms with Crippen LogP contribution in [0.15, 0.2) is 12.3 Å². The molecule has 1 aliphatic carbocycles. The molecule has 0 spiro atoms. The van der Waals surface area contributed by atoms with Gasteiger partial charge in [-0.1, -0.05) is 13.0 Å². The lowest BCUT2D eigenvalue weighted by atomic mass is 9.83. The van der Waals surface area contributed by atoms with E-state index in [0.717, 1.165) is 43.7 Å². The molecule has 1 aromatic heterocycles. The van der Waals surface area contributed by atoms with Crippen LogP contribution in [0.3, 0.4) is 0 Å². The highest BCUT2D eigenvalue weighted by Crippen LogP contribution is 2.40. The van der Waals surface area contributed by atoms with Crippen molar-refractivity contribution in [3.63, 3.8) is 0 Å². The van der Waals surface area contributed by atoms with Crippen molar-refractivity contribution in [3.05, 3.63) is 29.1 Å². The lowest BCUT2D eigenvalue weighted by Gasteiger charge is -2.23. The van der Waals surface area contributed by atoms with E-state index in [2.05, 4.69) is 28.2 Å². The van der Waals surface area contributed by atoms with E-state index >= 15 is 0 Å². The number of hydrogen-bond donors (Lipinski definition) is 2. The van der Waals surface area contributed by atoms with Gasteiger partial charge in [0.1, 0.15) is 0 Å². The normalized spacial score (nSPS) is 20.4. The van der Waals surface area contributed by atoms with Gasteiger partial charge >= 0.3 is 0 Å². The van der Waals surface area contributed by atoms with Crippen LogP contribution in [0.1, 0.15) is 47.3 Å². The van der Waals surface area contributed by atoms with Gasteiger partial charge in [0.2, 0.25) is 0 Å². The Bertz CT molecular complexity index is 607. The minimum atomic E-state index is -2.53. The van der Waals surface area contributed by atoms with Crippen molar-refractivity contribution in [3.8, 4) is 0 Å². The van der Waals surface area contributed by atoms with Crippen molar-refractivity contribution in [2.45, 2.75) is 38.7 Å². The van der Waals surface area contributed by atoms with Gasteiger partial charge in [-0.3, -0.25) is 4.79 Å². The third kappa shape index (κ3) is 2.67. The highest BCUT2D eigenvalue weighted by molar-refractivity contribution is 5.97. The molecule has 0 saturated heterocycles. The Morgan fingerprint density at radius 3 is 3.09 bits per heavy atom. The maximum Gasteiger partial charge on any atom is 0.255 e. The van der Waals surface area contributed by atoms with E-state index in [4.69, 9.17) is 0 Å². The zero-order chi connectivity index (χ0) is 15.7. The van der Waals surface area contributed by atoms with Crippen molar-refractivity contribution < 1.29 is 13.6 Å². The first-order valence-electron chi connectivity index (χ1n) is 7.81. The van der Waals surface area contributed by atoms with Crippen molar-refractivity contribution in [2.75, 3.05) is 19.6 Å². The summed E-state index contributed by atoms with van der Waals surface area (Å²) in [5.74, 6) is -0.103. The lowest BCUT2D eigenvalue weighted by Crippen LogP contribution is -2.29. The second kappa shape index (κ2) is 6.20. The Labute approximate surface area is 128 Å². The monoisotopic (exact) mass is 309 g/mol. The molecule has 2 heterocycles. The zero-order valence-electron chi connectivity index (χ0n) is 12.7. The molecule has 4 nitrogen and oxygen atoms in total. The standard InChI is InChI=1S/C16H21F2N3O/c1-2-10-3-4-11-7-19-5-6-21-9-12(14(10)15(11)21)16(22)20-8-13(17)18/h4,9-10,13,19H,2-3,5-8H2,1H3,(H,20,22). The molecule has 1 amide bonds. The molecule has 0 saturated carbocycles. The highest BCUT2D eigenvalue weighted by atomic mass is 19.3. The fraction of sp³-hybridized carbons (Fsp3) is 0.562. The largest absolute Gasteiger partial charge is 0.346 e. The number of alkyl halides is 2. The summed E-state index contributed by atoms with van der Waals surface area (Å²) in [5.41, 5.74) is 3.93. The summed E-state index contributed by atoms with van der Waals surface area (Å²) in [4.78, 5) is 12.3. The zero-order valence-corrected chi connectivity index (χ0v) is 12.7. The molecule has 2 aliphatic rings. The van der Waals surface area contributed by atoms with Crippen LogP contribution in [0.25, 0.3) is 5.57 Å². The first-order chi connectivity index (χ1) is 10.6. The minimum Gasteiger partial charge on any atom is -0.346 e. The van der Waals surface area contributed by atoms with E-state index in [1.807, 2.05) is 6.20 Å². The van der Waals surface area contributed by atoms with Gasteiger partial charge in [-0.05, 0) is 29.9 Å². The molecular weight excluding hydrogens is 288 g/mol. The topological polar surface area (TPSA) is 46.1 Å². The van der Waals surface area contributed by atoms with Gasteiger partial charge in [-0.2, -0.15) is 0 Å². The smallest absolute Gasteiger partial charge is 0.255 e. The summed E-state index contributed by atoms with van der Waals surface area (Å²) in [5, 5.41) is 5.72. The molecule has 0 bridgehead atoms. The number of amides is 1. The second-order valence-electron chi connectivity index (χ2n) is 5.85. The van der Waals surface area contributed by atoms with Crippen LogP contribution in [0, 0.1) is 0 Å². The summed E-state index contributed by atoms with van der Waals surface area (Å²) < 4.78 is 26.8. The predicted molar refractivity (Wildman–Crippen MR) is 81.3 cm³/mol. The number of aromatic nitrogens is 1.